The van der Waals surface area contributed by atoms with Crippen LogP contribution in [0.2, 0.25) is 0 Å². The lowest BCUT2D eigenvalue weighted by atomic mass is 10.2. The van der Waals surface area contributed by atoms with Gasteiger partial charge in [-0.2, -0.15) is 4.57 Å². The number of aromatic nitrogens is 2. The second kappa shape index (κ2) is 4.67. The first-order valence-corrected chi connectivity index (χ1v) is 7.54. The Labute approximate surface area is 138 Å². The van der Waals surface area contributed by atoms with E-state index >= 15 is 0 Å². The van der Waals surface area contributed by atoms with Crippen LogP contribution in [0, 0.1) is 6.92 Å². The van der Waals surface area contributed by atoms with Crippen molar-refractivity contribution in [3.8, 4) is 5.69 Å². The van der Waals surface area contributed by atoms with Crippen LogP contribution in [-0.2, 0) is 4.79 Å². The number of nitrogens with two attached hydrogens (primary N) is 1. The number of amides is 3. The van der Waals surface area contributed by atoms with Crippen LogP contribution in [0.5, 0.6) is 0 Å². The average molecular weight is 325 g/mol. The molecule has 0 bridgehead atoms. The number of imide groups is 1. The zero-order valence-electron chi connectivity index (χ0n) is 13.6. The van der Waals surface area contributed by atoms with Crippen LogP contribution in [0.1, 0.15) is 11.7 Å². The van der Waals surface area contributed by atoms with Crippen molar-refractivity contribution < 1.29 is 14.2 Å². The number of urea groups is 1. The van der Waals surface area contributed by atoms with Gasteiger partial charge in [-0.05, 0) is 19.1 Å². The van der Waals surface area contributed by atoms with Crippen LogP contribution in [0.25, 0.3) is 5.69 Å². The van der Waals surface area contributed by atoms with Gasteiger partial charge < -0.3 is 5.73 Å². The van der Waals surface area contributed by atoms with Gasteiger partial charge in [-0.3, -0.25) is 14.6 Å². The van der Waals surface area contributed by atoms with Crippen LogP contribution in [0.15, 0.2) is 35.5 Å². The predicted molar refractivity (Wildman–Crippen MR) is 87.2 cm³/mol. The summed E-state index contributed by atoms with van der Waals surface area (Å²) >= 11 is 0. The number of aryl methyl sites for hydroxylation is 1. The highest BCUT2D eigenvalue weighted by atomic mass is 16.2. The van der Waals surface area contributed by atoms with Crippen LogP contribution in [-0.4, -0.2) is 46.2 Å². The third kappa shape index (κ3) is 1.67. The zero-order chi connectivity index (χ0) is 17.2. The van der Waals surface area contributed by atoms with Gasteiger partial charge in [-0.15, -0.1) is 0 Å². The molecule has 2 aliphatic rings. The number of aliphatic imine (C=N–C) groups is 1. The van der Waals surface area contributed by atoms with Gasteiger partial charge in [-0.25, -0.2) is 9.36 Å². The van der Waals surface area contributed by atoms with Gasteiger partial charge in [0, 0.05) is 14.1 Å². The third-order valence-corrected chi connectivity index (χ3v) is 4.51. The minimum Gasteiger partial charge on any atom is -0.396 e. The normalized spacial score (nSPS) is 19.5. The van der Waals surface area contributed by atoms with Crippen LogP contribution in [0.4, 0.5) is 16.4 Å². The summed E-state index contributed by atoms with van der Waals surface area (Å²) in [7, 11) is 3.10. The summed E-state index contributed by atoms with van der Waals surface area (Å²) in [6, 6.07) is 6.46. The fourth-order valence-corrected chi connectivity index (χ4v) is 3.25. The number of carbonyl (C=O) groups excluding carboxylic acids is 2. The molecule has 0 saturated carbocycles. The highest BCUT2D eigenvalue weighted by Crippen LogP contribution is 2.32. The molecule has 2 N–H and O–H groups in total. The summed E-state index contributed by atoms with van der Waals surface area (Å²) in [6.45, 7) is 1.93. The highest BCUT2D eigenvalue weighted by Gasteiger charge is 2.52. The Bertz CT molecular complexity index is 929. The van der Waals surface area contributed by atoms with E-state index in [0.717, 1.165) is 16.3 Å². The number of carbonyl (C=O) groups is 2. The number of nitrogen functional groups attached to an aromatic ring is 1. The Morgan fingerprint density at radius 2 is 1.88 bits per heavy atom. The molecule has 1 aromatic heterocycles. The zero-order valence-corrected chi connectivity index (χ0v) is 13.6. The Kier molecular flexibility index (Phi) is 2.81. The molecule has 4 rings (SSSR count). The molecule has 8 nitrogen and oxygen atoms in total. The third-order valence-electron chi connectivity index (χ3n) is 4.51. The second-order valence-electron chi connectivity index (χ2n) is 5.98. The quantitative estimate of drug-likeness (QED) is 0.620. The molecule has 3 amide bonds. The van der Waals surface area contributed by atoms with Gasteiger partial charge in [0.25, 0.3) is 5.91 Å². The Balaban J connectivity index is 1.95. The number of nitrogens with zero attached hydrogens (tertiary/aromatic N) is 5. The number of imidazole rings is 1. The fraction of sp³-hybridized carbons (Fsp3) is 0.250. The molecular formula is C16H17N6O2+. The maximum absolute atomic E-state index is 12.6. The number of anilines is 1. The number of amidine groups is 1. The van der Waals surface area contributed by atoms with E-state index in [0.29, 0.717) is 17.5 Å². The summed E-state index contributed by atoms with van der Waals surface area (Å²) in [5, 5.41) is 0. The van der Waals surface area contributed by atoms with E-state index in [-0.39, 0.29) is 11.9 Å². The Hall–Kier alpha value is -3.16. The van der Waals surface area contributed by atoms with E-state index in [2.05, 4.69) is 4.99 Å². The topological polar surface area (TPSA) is 87.8 Å². The SMILES string of the molecule is Cc1c[n+]2c(n1-c1ccccc1N)N=C1C2C(=O)N(C)C(=O)N1C. The molecule has 2 aliphatic heterocycles. The number of likely N-dealkylation sites (N-methyl/N-ethyl adjacent to an activating group) is 2. The summed E-state index contributed by atoms with van der Waals surface area (Å²) in [6.07, 6.45) is 1.86. The number of fused-ring (bicyclic) bond motifs is 3. The standard InChI is InChI=1S/C16H17N6O2/c1-9-8-21-12-13(19(2)16(24)20(3)14(12)23)18-15(21)22(9)11-7-5-4-6-10(11)17/h4-8,12H,17H2,1-3H3/q+1. The van der Waals surface area contributed by atoms with E-state index in [1.807, 2.05) is 42.0 Å². The molecular weight excluding hydrogens is 308 g/mol. The van der Waals surface area contributed by atoms with Crippen molar-refractivity contribution >= 4 is 29.4 Å². The molecule has 2 aromatic rings. The second-order valence-corrected chi connectivity index (χ2v) is 5.98. The minimum atomic E-state index is -0.627. The molecule has 1 unspecified atom stereocenters. The smallest absolute Gasteiger partial charge is 0.396 e. The van der Waals surface area contributed by atoms with Crippen molar-refractivity contribution in [3.63, 3.8) is 0 Å². The van der Waals surface area contributed by atoms with E-state index in [9.17, 15) is 9.59 Å². The Morgan fingerprint density at radius 1 is 1.17 bits per heavy atom. The van der Waals surface area contributed by atoms with E-state index in [1.54, 1.807) is 11.6 Å². The number of hydrogen-bond acceptors (Lipinski definition) is 4. The number of rotatable bonds is 1. The van der Waals surface area contributed by atoms with Gasteiger partial charge in [0.2, 0.25) is 11.9 Å². The van der Waals surface area contributed by atoms with Crippen molar-refractivity contribution in [1.29, 1.82) is 0 Å². The highest BCUT2D eigenvalue weighted by molar-refractivity contribution is 6.18. The van der Waals surface area contributed by atoms with Crippen molar-refractivity contribution in [1.82, 2.24) is 14.4 Å². The van der Waals surface area contributed by atoms with Gasteiger partial charge in [-0.1, -0.05) is 17.1 Å². The number of para-hydroxylation sites is 2. The van der Waals surface area contributed by atoms with Crippen LogP contribution in [0.3, 0.4) is 0 Å². The first kappa shape index (κ1) is 14.4. The molecule has 0 spiro atoms. The molecule has 8 heteroatoms. The lowest BCUT2D eigenvalue weighted by molar-refractivity contribution is -0.676. The molecule has 1 aromatic carbocycles. The number of hydrogen-bond donors (Lipinski definition) is 1. The summed E-state index contributed by atoms with van der Waals surface area (Å²) in [4.78, 5) is 31.8. The maximum Gasteiger partial charge on any atom is 0.407 e. The number of benzene rings is 1. The first-order valence-electron chi connectivity index (χ1n) is 7.54. The van der Waals surface area contributed by atoms with Gasteiger partial charge in [0.1, 0.15) is 17.6 Å². The van der Waals surface area contributed by atoms with Gasteiger partial charge >= 0.3 is 12.0 Å². The molecule has 1 atom stereocenters. The van der Waals surface area contributed by atoms with E-state index in [1.165, 1.54) is 11.9 Å². The first-order chi connectivity index (χ1) is 11.4. The fourth-order valence-electron chi connectivity index (χ4n) is 3.25. The van der Waals surface area contributed by atoms with Crippen molar-refractivity contribution in [3.05, 3.63) is 36.2 Å². The van der Waals surface area contributed by atoms with Gasteiger partial charge in [0.15, 0.2) is 0 Å². The molecule has 122 valence electrons. The van der Waals surface area contributed by atoms with Crippen LogP contribution < -0.4 is 10.3 Å². The lowest BCUT2D eigenvalue weighted by Gasteiger charge is -2.30. The summed E-state index contributed by atoms with van der Waals surface area (Å²) in [5.74, 6) is 0.717. The monoisotopic (exact) mass is 325 g/mol. The lowest BCUT2D eigenvalue weighted by Crippen LogP contribution is -2.61. The minimum absolute atomic E-state index is 0.293. The van der Waals surface area contributed by atoms with Gasteiger partial charge in [0.05, 0.1) is 5.69 Å². The average Bonchev–Trinajstić information content (AvgIpc) is 3.06. The summed E-state index contributed by atoms with van der Waals surface area (Å²) in [5.41, 5.74) is 8.41. The molecule has 24 heavy (non-hydrogen) atoms. The molecule has 0 radical (unpaired) electrons. The molecule has 1 fully saturated rings. The summed E-state index contributed by atoms with van der Waals surface area (Å²) < 4.78 is 3.69. The van der Waals surface area contributed by atoms with E-state index in [4.69, 9.17) is 5.73 Å². The predicted octanol–water partition coefficient (Wildman–Crippen LogP) is 0.764. The van der Waals surface area contributed by atoms with Crippen molar-refractivity contribution in [2.45, 2.75) is 13.0 Å². The largest absolute Gasteiger partial charge is 0.407 e. The van der Waals surface area contributed by atoms with Crippen molar-refractivity contribution in [2.24, 2.45) is 4.99 Å². The molecule has 0 aliphatic carbocycles. The van der Waals surface area contributed by atoms with E-state index < -0.39 is 6.04 Å². The van der Waals surface area contributed by atoms with Crippen LogP contribution >= 0.6 is 0 Å². The Morgan fingerprint density at radius 3 is 2.58 bits per heavy atom. The van der Waals surface area contributed by atoms with Crippen molar-refractivity contribution in [2.75, 3.05) is 19.8 Å². The maximum atomic E-state index is 12.6. The molecule has 3 heterocycles. The molecule has 1 saturated heterocycles.